The van der Waals surface area contributed by atoms with Crippen LogP contribution in [0.3, 0.4) is 0 Å². The van der Waals surface area contributed by atoms with Crippen LogP contribution in [0.5, 0.6) is 0 Å². The van der Waals surface area contributed by atoms with Gasteiger partial charge in [0.05, 0.1) is 5.41 Å². The van der Waals surface area contributed by atoms with Gasteiger partial charge < -0.3 is 9.32 Å². The van der Waals surface area contributed by atoms with Crippen molar-refractivity contribution < 1.29 is 29.1 Å². The lowest BCUT2D eigenvalue weighted by atomic mass is 9.66. The first kappa shape index (κ1) is 31.8. The average Bonchev–Trinajstić information content (AvgIpc) is 1.61. The second kappa shape index (κ2) is 18.7. The minimum atomic E-state index is -3.66. The molecule has 0 amide bonds. The van der Waals surface area contributed by atoms with Crippen LogP contribution in [0.25, 0.3) is 77.6 Å². The number of hydrogen-bond acceptors (Lipinski definition) is 2. The van der Waals surface area contributed by atoms with Crippen molar-refractivity contribution in [2.45, 2.75) is 57.4 Å². The minimum Gasteiger partial charge on any atom is -0.455 e. The van der Waals surface area contributed by atoms with E-state index in [1.165, 1.54) is 24.3 Å². The van der Waals surface area contributed by atoms with Crippen LogP contribution < -0.4 is 4.90 Å². The van der Waals surface area contributed by atoms with E-state index < -0.39 is 68.5 Å². The first-order valence-corrected chi connectivity index (χ1v) is 25.6. The molecule has 77 heavy (non-hydrogen) atoms. The van der Waals surface area contributed by atoms with Gasteiger partial charge in [-0.2, -0.15) is 0 Å². The predicted molar refractivity (Wildman–Crippen MR) is 325 cm³/mol. The fourth-order valence-electron chi connectivity index (χ4n) is 11.5. The summed E-state index contributed by atoms with van der Waals surface area (Å²) in [6.07, 6.45) is 0. The second-order valence-corrected chi connectivity index (χ2v) is 19.9. The number of benzene rings is 11. The largest absolute Gasteiger partial charge is 0.455 e. The van der Waals surface area contributed by atoms with Crippen molar-refractivity contribution in [1.29, 1.82) is 0 Å². The van der Waals surface area contributed by atoms with Crippen LogP contribution in [0.2, 0.25) is 0 Å². The topological polar surface area (TPSA) is 16.4 Å². The standard InChI is InChI=1S/C75H61NO/c1-73(2,3)58-38-46-65-66-47-39-59(74(4,5)6)49-70(66)75(69(65)48-58,56-22-14-9-15-23-56)57-36-28-54(29-37-57)63-24-16-26-67-68-27-17-25-64(72(68)77-71(63)67)55-34-44-62(45-35-55)76(60-40-30-52(31-41-60)50-18-10-7-11-19-50)61-42-32-53(33-43-61)51-20-12-8-13-21-51/h7-49H,1-6H3/i1D3,2D3,3D3,4D3,5D3,6D3. The first-order chi connectivity index (χ1) is 44.9. The van der Waals surface area contributed by atoms with E-state index in [4.69, 9.17) is 29.1 Å². The molecule has 0 spiro atoms. The summed E-state index contributed by atoms with van der Waals surface area (Å²) >= 11 is 0. The molecule has 12 aromatic rings. The van der Waals surface area contributed by atoms with Gasteiger partial charge in [0.1, 0.15) is 11.2 Å². The van der Waals surface area contributed by atoms with Crippen LogP contribution in [0.1, 0.15) is 99.2 Å². The highest BCUT2D eigenvalue weighted by molar-refractivity contribution is 6.13. The van der Waals surface area contributed by atoms with Gasteiger partial charge in [-0.3, -0.25) is 0 Å². The van der Waals surface area contributed by atoms with E-state index >= 15 is 0 Å². The minimum absolute atomic E-state index is 0.174. The van der Waals surface area contributed by atoms with Gasteiger partial charge in [-0.15, -0.1) is 0 Å². The molecular weight excluding hydrogens is 931 g/mol. The summed E-state index contributed by atoms with van der Waals surface area (Å²) in [7, 11) is 0. The van der Waals surface area contributed by atoms with Crippen molar-refractivity contribution in [3.8, 4) is 55.6 Å². The Hall–Kier alpha value is -8.98. The highest BCUT2D eigenvalue weighted by atomic mass is 16.3. The van der Waals surface area contributed by atoms with Crippen molar-refractivity contribution in [3.05, 3.63) is 294 Å². The summed E-state index contributed by atoms with van der Waals surface area (Å²) in [5, 5.41) is 1.68. The van der Waals surface area contributed by atoms with Crippen LogP contribution in [-0.2, 0) is 16.2 Å². The van der Waals surface area contributed by atoms with Crippen molar-refractivity contribution in [1.82, 2.24) is 0 Å². The summed E-state index contributed by atoms with van der Waals surface area (Å²) in [5.41, 5.74) is 3.63. The SMILES string of the molecule is [2H]C([2H])([2H])C(c1ccc2c(c1)C(c1ccccc1)(c1ccc(-c3cccc4c3oc3c(-c5ccc(N(c6ccc(-c7ccccc7)cc6)c6ccc(-c7ccccc7)cc6)cc5)cccc34)cc1)c1cc(C(C([2H])([2H])[2H])(C([2H])([2H])[2H])C([2H])([2H])[2H])ccc1-2)(C([2H])([2H])[2H])C([2H])([2H])[2H]. The number of anilines is 3. The molecule has 0 radical (unpaired) electrons. The van der Waals surface area contributed by atoms with E-state index in [0.717, 1.165) is 73.3 Å². The highest BCUT2D eigenvalue weighted by Gasteiger charge is 2.47. The molecule has 0 fully saturated rings. The third kappa shape index (κ3) is 8.28. The van der Waals surface area contributed by atoms with Crippen molar-refractivity contribution >= 4 is 39.0 Å². The molecule has 0 saturated carbocycles. The number of fused-ring (bicyclic) bond motifs is 6. The van der Waals surface area contributed by atoms with Crippen LogP contribution in [-0.4, -0.2) is 0 Å². The summed E-state index contributed by atoms with van der Waals surface area (Å²) < 4.78 is 164. The Labute approximate surface area is 478 Å². The van der Waals surface area contributed by atoms with E-state index in [-0.39, 0.29) is 11.1 Å². The fraction of sp³-hybridized carbons (Fsp3) is 0.120. The summed E-state index contributed by atoms with van der Waals surface area (Å²) in [4.78, 5) is 2.23. The van der Waals surface area contributed by atoms with E-state index in [0.29, 0.717) is 44.5 Å². The quantitative estimate of drug-likeness (QED) is 0.143. The van der Waals surface area contributed by atoms with E-state index in [2.05, 4.69) is 102 Å². The molecule has 372 valence electrons. The number of furan rings is 1. The highest BCUT2D eigenvalue weighted by Crippen LogP contribution is 2.58. The van der Waals surface area contributed by atoms with E-state index in [1.807, 2.05) is 84.9 Å². The lowest BCUT2D eigenvalue weighted by molar-refractivity contribution is 0.586. The molecule has 13 rings (SSSR count). The van der Waals surface area contributed by atoms with Gasteiger partial charge in [0, 0.05) is 63.6 Å². The van der Waals surface area contributed by atoms with Gasteiger partial charge in [-0.05, 0) is 125 Å². The lowest BCUT2D eigenvalue weighted by Crippen LogP contribution is -2.29. The molecule has 1 aromatic heterocycles. The Balaban J connectivity index is 0.952. The lowest BCUT2D eigenvalue weighted by Gasteiger charge is -2.35. The summed E-state index contributed by atoms with van der Waals surface area (Å²) in [5.74, 6) is 0. The van der Waals surface area contributed by atoms with Gasteiger partial charge in [0.15, 0.2) is 0 Å². The Bertz CT molecular complexity index is 4560. The van der Waals surface area contributed by atoms with E-state index in [9.17, 15) is 0 Å². The molecule has 0 atom stereocenters. The second-order valence-electron chi connectivity index (χ2n) is 19.9. The molecule has 1 aliphatic carbocycles. The molecule has 0 N–H and O–H groups in total. The van der Waals surface area contributed by atoms with Gasteiger partial charge in [0.2, 0.25) is 0 Å². The zero-order valence-corrected chi connectivity index (χ0v) is 41.7. The van der Waals surface area contributed by atoms with Crippen molar-refractivity contribution in [3.63, 3.8) is 0 Å². The fourth-order valence-corrected chi connectivity index (χ4v) is 11.5. The van der Waals surface area contributed by atoms with Gasteiger partial charge in [-0.1, -0.05) is 266 Å². The first-order valence-electron chi connectivity index (χ1n) is 34.6. The van der Waals surface area contributed by atoms with Crippen LogP contribution >= 0.6 is 0 Å². The number of nitrogens with zero attached hydrogens (tertiary/aromatic N) is 1. The predicted octanol–water partition coefficient (Wildman–Crippen LogP) is 20.7. The Morgan fingerprint density at radius 3 is 1.10 bits per heavy atom. The molecule has 0 bridgehead atoms. The van der Waals surface area contributed by atoms with Crippen molar-refractivity contribution in [2.75, 3.05) is 4.90 Å². The van der Waals surface area contributed by atoms with Crippen LogP contribution in [0.15, 0.2) is 265 Å². The average molecular weight is 1010 g/mol. The Morgan fingerprint density at radius 2 is 0.688 bits per heavy atom. The normalized spacial score (nSPS) is 17.4. The van der Waals surface area contributed by atoms with Gasteiger partial charge in [0.25, 0.3) is 0 Å². The maximum atomic E-state index is 8.73. The smallest absolute Gasteiger partial charge is 0.143 e. The molecule has 2 nitrogen and oxygen atoms in total. The zero-order valence-electron chi connectivity index (χ0n) is 59.7. The number of para-hydroxylation sites is 2. The van der Waals surface area contributed by atoms with E-state index in [1.54, 1.807) is 42.5 Å². The molecule has 0 aliphatic heterocycles. The van der Waals surface area contributed by atoms with Crippen LogP contribution in [0, 0.1) is 0 Å². The van der Waals surface area contributed by atoms with Gasteiger partial charge >= 0.3 is 0 Å². The monoisotopic (exact) mass is 1010 g/mol. The maximum Gasteiger partial charge on any atom is 0.143 e. The molecule has 2 heteroatoms. The zero-order chi connectivity index (χ0) is 67.5. The molecular formula is C75H61NO. The summed E-state index contributed by atoms with van der Waals surface area (Å²) in [6.45, 7) is -22.0. The molecule has 11 aromatic carbocycles. The number of rotatable bonds is 9. The molecule has 1 heterocycles. The van der Waals surface area contributed by atoms with Gasteiger partial charge in [-0.25, -0.2) is 0 Å². The Kier molecular flexibility index (Phi) is 7.72. The van der Waals surface area contributed by atoms with Crippen LogP contribution in [0.4, 0.5) is 17.1 Å². The number of hydrogen-bond donors (Lipinski definition) is 0. The third-order valence-electron chi connectivity index (χ3n) is 15.3. The van der Waals surface area contributed by atoms with Crippen molar-refractivity contribution in [2.24, 2.45) is 0 Å². The maximum absolute atomic E-state index is 8.73. The molecule has 0 saturated heterocycles. The molecule has 1 aliphatic rings. The molecule has 0 unspecified atom stereocenters. The third-order valence-corrected chi connectivity index (χ3v) is 15.3. The summed E-state index contributed by atoms with van der Waals surface area (Å²) in [6, 6.07) is 81.3. The Morgan fingerprint density at radius 1 is 0.325 bits per heavy atom.